The van der Waals surface area contributed by atoms with Crippen LogP contribution in [0.1, 0.15) is 27.2 Å². The van der Waals surface area contributed by atoms with E-state index in [2.05, 4.69) is 0 Å². The maximum absolute atomic E-state index is 9.14. The van der Waals surface area contributed by atoms with Crippen LogP contribution in [0.2, 0.25) is 0 Å². The Bertz CT molecular complexity index is 77.3. The van der Waals surface area contributed by atoms with Crippen molar-refractivity contribution in [1.82, 2.24) is 0 Å². The second-order valence-electron chi connectivity index (χ2n) is 2.95. The van der Waals surface area contributed by atoms with Crippen LogP contribution in [0.5, 0.6) is 0 Å². The smallest absolute Gasteiger partial charge is 0.0541 e. The molecular weight excluding hydrogens is 128 g/mol. The fourth-order valence-electron chi connectivity index (χ4n) is 1.06. The molecule has 3 atom stereocenters. The lowest BCUT2D eigenvalue weighted by atomic mass is 9.89. The molecule has 3 unspecified atom stereocenters. The van der Waals surface area contributed by atoms with Gasteiger partial charge in [0.15, 0.2) is 0 Å². The predicted molar refractivity (Wildman–Crippen MR) is 41.7 cm³/mol. The standard InChI is InChI=1S/C8H18O2/c1-4-8(5-9)6(2)7(3)10/h6-10H,4-5H2,1-3H3. The lowest BCUT2D eigenvalue weighted by Gasteiger charge is -2.22. The predicted octanol–water partition coefficient (Wildman–Crippen LogP) is 1.02. The van der Waals surface area contributed by atoms with Crippen molar-refractivity contribution >= 4 is 0 Å². The molecule has 2 heteroatoms. The summed E-state index contributed by atoms with van der Waals surface area (Å²) >= 11 is 0. The third-order valence-electron chi connectivity index (χ3n) is 2.26. The van der Waals surface area contributed by atoms with Crippen molar-refractivity contribution in [2.24, 2.45) is 11.8 Å². The maximum Gasteiger partial charge on any atom is 0.0541 e. The molecule has 0 saturated carbocycles. The Morgan fingerprint density at radius 1 is 1.30 bits per heavy atom. The van der Waals surface area contributed by atoms with Crippen LogP contribution in [0.4, 0.5) is 0 Å². The molecule has 0 amide bonds. The van der Waals surface area contributed by atoms with Crippen LogP contribution in [0.15, 0.2) is 0 Å². The molecule has 0 aliphatic carbocycles. The van der Waals surface area contributed by atoms with Gasteiger partial charge in [0.05, 0.1) is 6.10 Å². The molecule has 0 rings (SSSR count). The number of aliphatic hydroxyl groups is 2. The summed E-state index contributed by atoms with van der Waals surface area (Å²) in [5.74, 6) is 0.454. The van der Waals surface area contributed by atoms with E-state index < -0.39 is 0 Å². The van der Waals surface area contributed by atoms with Gasteiger partial charge in [-0.25, -0.2) is 0 Å². The maximum atomic E-state index is 9.14. The van der Waals surface area contributed by atoms with Crippen LogP contribution in [0.3, 0.4) is 0 Å². The van der Waals surface area contributed by atoms with E-state index in [4.69, 9.17) is 10.2 Å². The van der Waals surface area contributed by atoms with E-state index in [1.165, 1.54) is 0 Å². The van der Waals surface area contributed by atoms with E-state index in [0.717, 1.165) is 6.42 Å². The van der Waals surface area contributed by atoms with Crippen LogP contribution < -0.4 is 0 Å². The Morgan fingerprint density at radius 3 is 1.90 bits per heavy atom. The Hall–Kier alpha value is -0.0800. The second kappa shape index (κ2) is 4.69. The Kier molecular flexibility index (Phi) is 4.65. The molecule has 0 aromatic heterocycles. The first-order valence-corrected chi connectivity index (χ1v) is 3.92. The van der Waals surface area contributed by atoms with Gasteiger partial charge in [-0.3, -0.25) is 0 Å². The van der Waals surface area contributed by atoms with Gasteiger partial charge in [0.2, 0.25) is 0 Å². The molecule has 0 fully saturated rings. The van der Waals surface area contributed by atoms with Crippen LogP contribution in [-0.2, 0) is 0 Å². The molecule has 0 saturated heterocycles. The van der Waals surface area contributed by atoms with Crippen molar-refractivity contribution in [3.63, 3.8) is 0 Å². The molecule has 0 aromatic rings. The molecule has 2 N–H and O–H groups in total. The van der Waals surface area contributed by atoms with E-state index in [-0.39, 0.29) is 24.5 Å². The Balaban J connectivity index is 3.76. The lowest BCUT2D eigenvalue weighted by molar-refractivity contribution is 0.0686. The zero-order valence-corrected chi connectivity index (χ0v) is 7.04. The van der Waals surface area contributed by atoms with Gasteiger partial charge in [-0.05, 0) is 18.8 Å². The van der Waals surface area contributed by atoms with Gasteiger partial charge in [0.25, 0.3) is 0 Å². The monoisotopic (exact) mass is 146 g/mol. The minimum Gasteiger partial charge on any atom is -0.396 e. The van der Waals surface area contributed by atoms with Gasteiger partial charge in [-0.1, -0.05) is 20.3 Å². The van der Waals surface area contributed by atoms with Crippen molar-refractivity contribution in [3.8, 4) is 0 Å². The molecule has 0 radical (unpaired) electrons. The van der Waals surface area contributed by atoms with E-state index in [0.29, 0.717) is 0 Å². The summed E-state index contributed by atoms with van der Waals surface area (Å²) in [6, 6.07) is 0. The van der Waals surface area contributed by atoms with E-state index in [1.807, 2.05) is 13.8 Å². The summed E-state index contributed by atoms with van der Waals surface area (Å²) in [7, 11) is 0. The summed E-state index contributed by atoms with van der Waals surface area (Å²) < 4.78 is 0. The topological polar surface area (TPSA) is 40.5 Å². The van der Waals surface area contributed by atoms with Crippen LogP contribution in [0.25, 0.3) is 0 Å². The Labute approximate surface area is 62.9 Å². The zero-order chi connectivity index (χ0) is 8.15. The molecule has 0 heterocycles. The molecule has 2 nitrogen and oxygen atoms in total. The second-order valence-corrected chi connectivity index (χ2v) is 2.95. The third kappa shape index (κ3) is 2.67. The van der Waals surface area contributed by atoms with Crippen molar-refractivity contribution in [2.75, 3.05) is 6.61 Å². The molecule has 0 bridgehead atoms. The van der Waals surface area contributed by atoms with E-state index in [1.54, 1.807) is 6.92 Å². The molecule has 0 aliphatic heterocycles. The van der Waals surface area contributed by atoms with Gasteiger partial charge in [0.1, 0.15) is 0 Å². The van der Waals surface area contributed by atoms with E-state index >= 15 is 0 Å². The van der Waals surface area contributed by atoms with Crippen molar-refractivity contribution in [3.05, 3.63) is 0 Å². The molecule has 0 aliphatic rings. The van der Waals surface area contributed by atoms with Gasteiger partial charge in [-0.2, -0.15) is 0 Å². The van der Waals surface area contributed by atoms with E-state index in [9.17, 15) is 0 Å². The molecule has 0 spiro atoms. The normalized spacial score (nSPS) is 20.1. The quantitative estimate of drug-likeness (QED) is 0.621. The van der Waals surface area contributed by atoms with Crippen LogP contribution in [0, 0.1) is 11.8 Å². The summed E-state index contributed by atoms with van der Waals surface area (Å²) in [4.78, 5) is 0. The minimum atomic E-state index is -0.308. The average molecular weight is 146 g/mol. The van der Waals surface area contributed by atoms with Crippen LogP contribution in [-0.4, -0.2) is 22.9 Å². The molecular formula is C8H18O2. The minimum absolute atomic E-state index is 0.183. The highest BCUT2D eigenvalue weighted by atomic mass is 16.3. The fraction of sp³-hybridized carbons (Fsp3) is 1.00. The molecule has 0 aromatic carbocycles. The summed E-state index contributed by atoms with van der Waals surface area (Å²) in [6.07, 6.45) is 0.625. The van der Waals surface area contributed by atoms with Crippen LogP contribution >= 0.6 is 0 Å². The first-order valence-electron chi connectivity index (χ1n) is 3.92. The molecule has 62 valence electrons. The first kappa shape index (κ1) is 9.92. The van der Waals surface area contributed by atoms with Gasteiger partial charge in [-0.15, -0.1) is 0 Å². The van der Waals surface area contributed by atoms with Gasteiger partial charge in [0, 0.05) is 6.61 Å². The van der Waals surface area contributed by atoms with Gasteiger partial charge >= 0.3 is 0 Å². The number of hydrogen-bond donors (Lipinski definition) is 2. The van der Waals surface area contributed by atoms with Gasteiger partial charge < -0.3 is 10.2 Å². The fourth-order valence-corrected chi connectivity index (χ4v) is 1.06. The highest BCUT2D eigenvalue weighted by Gasteiger charge is 2.18. The van der Waals surface area contributed by atoms with Crippen molar-refractivity contribution in [2.45, 2.75) is 33.3 Å². The average Bonchev–Trinajstić information content (AvgIpc) is 1.90. The van der Waals surface area contributed by atoms with Crippen molar-refractivity contribution in [1.29, 1.82) is 0 Å². The summed E-state index contributed by atoms with van der Waals surface area (Å²) in [5, 5.41) is 18.0. The molecule has 10 heavy (non-hydrogen) atoms. The third-order valence-corrected chi connectivity index (χ3v) is 2.26. The highest BCUT2D eigenvalue weighted by molar-refractivity contribution is 4.67. The first-order chi connectivity index (χ1) is 4.63. The summed E-state index contributed by atoms with van der Waals surface area (Å²) in [5.41, 5.74) is 0. The lowest BCUT2D eigenvalue weighted by Crippen LogP contribution is -2.24. The number of rotatable bonds is 4. The van der Waals surface area contributed by atoms with Crippen molar-refractivity contribution < 1.29 is 10.2 Å². The Morgan fingerprint density at radius 2 is 1.80 bits per heavy atom. The SMILES string of the molecule is CCC(CO)C(C)C(C)O. The largest absolute Gasteiger partial charge is 0.396 e. The zero-order valence-electron chi connectivity index (χ0n) is 7.04. The highest BCUT2D eigenvalue weighted by Crippen LogP contribution is 2.17. The summed E-state index contributed by atoms with van der Waals surface area (Å²) in [6.45, 7) is 5.94. The number of hydrogen-bond acceptors (Lipinski definition) is 2. The number of aliphatic hydroxyl groups excluding tert-OH is 2.